The van der Waals surface area contributed by atoms with E-state index in [1.165, 1.54) is 0 Å². The molecular weight excluding hydrogens is 416 g/mol. The van der Waals surface area contributed by atoms with Gasteiger partial charge >= 0.3 is 0 Å². The zero-order valence-corrected chi connectivity index (χ0v) is 17.8. The van der Waals surface area contributed by atoms with Crippen molar-refractivity contribution in [2.75, 3.05) is 18.1 Å². The van der Waals surface area contributed by atoms with Gasteiger partial charge in [0.2, 0.25) is 5.91 Å². The standard InChI is InChI=1S/C23H18N2O3S2/c1-29-18-10-5-9-17(13-18)24-21(26)14-25-22(27)20(30-23(25)28)12-16-8-4-7-15-6-2-3-11-19(15)16/h2-13H,14H2,1H3,(H,24,26)/b20-12+. The van der Waals surface area contributed by atoms with Crippen LogP contribution in [0.15, 0.2) is 76.5 Å². The molecule has 7 heteroatoms. The van der Waals surface area contributed by atoms with Gasteiger partial charge in [0.05, 0.1) is 4.91 Å². The molecule has 1 saturated heterocycles. The van der Waals surface area contributed by atoms with Crippen molar-refractivity contribution in [3.05, 3.63) is 77.2 Å². The quantitative estimate of drug-likeness (QED) is 0.440. The van der Waals surface area contributed by atoms with Crippen LogP contribution in [0.1, 0.15) is 5.56 Å². The number of thioether (sulfide) groups is 2. The number of hydrogen-bond donors (Lipinski definition) is 1. The van der Waals surface area contributed by atoms with Crippen LogP contribution in [0.5, 0.6) is 0 Å². The van der Waals surface area contributed by atoms with Gasteiger partial charge in [-0.25, -0.2) is 0 Å². The van der Waals surface area contributed by atoms with E-state index in [0.717, 1.165) is 37.9 Å². The molecule has 0 aromatic heterocycles. The van der Waals surface area contributed by atoms with Crippen molar-refractivity contribution in [2.24, 2.45) is 0 Å². The van der Waals surface area contributed by atoms with Gasteiger partial charge < -0.3 is 5.32 Å². The molecule has 1 aliphatic rings. The summed E-state index contributed by atoms with van der Waals surface area (Å²) in [5, 5.41) is 4.35. The van der Waals surface area contributed by atoms with Crippen molar-refractivity contribution in [3.63, 3.8) is 0 Å². The molecule has 150 valence electrons. The molecule has 3 amide bonds. The lowest BCUT2D eigenvalue weighted by atomic mass is 10.0. The number of benzene rings is 3. The highest BCUT2D eigenvalue weighted by Gasteiger charge is 2.36. The van der Waals surface area contributed by atoms with E-state index in [4.69, 9.17) is 0 Å². The van der Waals surface area contributed by atoms with Crippen LogP contribution in [0.25, 0.3) is 16.8 Å². The van der Waals surface area contributed by atoms with Gasteiger partial charge in [-0.1, -0.05) is 48.5 Å². The SMILES string of the molecule is CSc1cccc(NC(=O)CN2C(=O)S/C(=C/c3cccc4ccccc34)C2=O)c1. The number of rotatable bonds is 5. The maximum absolute atomic E-state index is 12.8. The van der Waals surface area contributed by atoms with Crippen LogP contribution in [0, 0.1) is 0 Å². The lowest BCUT2D eigenvalue weighted by Gasteiger charge is -2.12. The Morgan fingerprint density at radius 3 is 2.67 bits per heavy atom. The van der Waals surface area contributed by atoms with Gasteiger partial charge in [0.1, 0.15) is 6.54 Å². The molecule has 1 aliphatic heterocycles. The van der Waals surface area contributed by atoms with E-state index in [-0.39, 0.29) is 6.54 Å². The van der Waals surface area contributed by atoms with Crippen molar-refractivity contribution < 1.29 is 14.4 Å². The maximum atomic E-state index is 12.8. The first-order chi connectivity index (χ1) is 14.5. The Morgan fingerprint density at radius 2 is 1.83 bits per heavy atom. The molecule has 0 aliphatic carbocycles. The smallest absolute Gasteiger partial charge is 0.294 e. The molecule has 5 nitrogen and oxygen atoms in total. The Bertz CT molecular complexity index is 1180. The topological polar surface area (TPSA) is 66.5 Å². The molecular formula is C23H18N2O3S2. The second-order valence-electron chi connectivity index (χ2n) is 6.62. The number of carbonyl (C=O) groups is 3. The first-order valence-corrected chi connectivity index (χ1v) is 11.3. The summed E-state index contributed by atoms with van der Waals surface area (Å²) < 4.78 is 0. The molecule has 0 spiro atoms. The number of imide groups is 1. The fourth-order valence-corrected chi connectivity index (χ4v) is 4.49. The number of hydrogen-bond acceptors (Lipinski definition) is 5. The monoisotopic (exact) mass is 434 g/mol. The molecule has 3 aromatic carbocycles. The lowest BCUT2D eigenvalue weighted by Crippen LogP contribution is -2.36. The second kappa shape index (κ2) is 8.77. The Hall–Kier alpha value is -3.03. The Balaban J connectivity index is 1.51. The van der Waals surface area contributed by atoms with Crippen molar-refractivity contribution in [2.45, 2.75) is 4.90 Å². The fourth-order valence-electron chi connectivity index (χ4n) is 3.20. The predicted octanol–water partition coefficient (Wildman–Crippen LogP) is 5.24. The second-order valence-corrected chi connectivity index (χ2v) is 8.49. The average Bonchev–Trinajstić information content (AvgIpc) is 3.01. The van der Waals surface area contributed by atoms with Crippen LogP contribution in [-0.2, 0) is 9.59 Å². The van der Waals surface area contributed by atoms with E-state index >= 15 is 0 Å². The van der Waals surface area contributed by atoms with E-state index in [1.54, 1.807) is 23.9 Å². The number of nitrogens with zero attached hydrogens (tertiary/aromatic N) is 1. The molecule has 0 radical (unpaired) electrons. The highest BCUT2D eigenvalue weighted by molar-refractivity contribution is 8.18. The van der Waals surface area contributed by atoms with Gasteiger partial charge in [0, 0.05) is 10.6 Å². The van der Waals surface area contributed by atoms with Gasteiger partial charge in [0.15, 0.2) is 0 Å². The minimum absolute atomic E-state index is 0.313. The summed E-state index contributed by atoms with van der Waals surface area (Å²) in [6, 6.07) is 21.1. The molecule has 4 rings (SSSR count). The summed E-state index contributed by atoms with van der Waals surface area (Å²) in [6.45, 7) is -0.318. The Kier molecular flexibility index (Phi) is 5.92. The summed E-state index contributed by atoms with van der Waals surface area (Å²) in [4.78, 5) is 39.9. The Labute approximate surface area is 182 Å². The van der Waals surface area contributed by atoms with Crippen molar-refractivity contribution in [1.82, 2.24) is 4.90 Å². The number of fused-ring (bicyclic) bond motifs is 1. The van der Waals surface area contributed by atoms with Crippen LogP contribution in [0.4, 0.5) is 10.5 Å². The highest BCUT2D eigenvalue weighted by atomic mass is 32.2. The highest BCUT2D eigenvalue weighted by Crippen LogP contribution is 2.33. The van der Waals surface area contributed by atoms with Gasteiger partial charge in [0.25, 0.3) is 11.1 Å². The minimum atomic E-state index is -0.453. The summed E-state index contributed by atoms with van der Waals surface area (Å²) >= 11 is 2.42. The number of anilines is 1. The average molecular weight is 435 g/mol. The molecule has 1 fully saturated rings. The van der Waals surface area contributed by atoms with Gasteiger partial charge in [-0.05, 0) is 58.6 Å². The zero-order chi connectivity index (χ0) is 21.1. The maximum Gasteiger partial charge on any atom is 0.294 e. The zero-order valence-electron chi connectivity index (χ0n) is 16.1. The van der Waals surface area contributed by atoms with E-state index in [9.17, 15) is 14.4 Å². The first kappa shape index (κ1) is 20.3. The van der Waals surface area contributed by atoms with E-state index in [0.29, 0.717) is 10.6 Å². The van der Waals surface area contributed by atoms with Crippen LogP contribution in [-0.4, -0.2) is 34.8 Å². The molecule has 0 atom stereocenters. The summed E-state index contributed by atoms with van der Waals surface area (Å²) in [7, 11) is 0. The molecule has 0 bridgehead atoms. The van der Waals surface area contributed by atoms with Crippen LogP contribution < -0.4 is 5.32 Å². The van der Waals surface area contributed by atoms with Crippen molar-refractivity contribution in [3.8, 4) is 0 Å². The molecule has 0 saturated carbocycles. The third kappa shape index (κ3) is 4.27. The van der Waals surface area contributed by atoms with Crippen molar-refractivity contribution in [1.29, 1.82) is 0 Å². The van der Waals surface area contributed by atoms with E-state index < -0.39 is 17.1 Å². The first-order valence-electron chi connectivity index (χ1n) is 9.22. The predicted molar refractivity (Wildman–Crippen MR) is 123 cm³/mol. The molecule has 1 N–H and O–H groups in total. The van der Waals surface area contributed by atoms with Crippen LogP contribution in [0.2, 0.25) is 0 Å². The number of carbonyl (C=O) groups excluding carboxylic acids is 3. The van der Waals surface area contributed by atoms with Crippen molar-refractivity contribution >= 4 is 63.1 Å². The van der Waals surface area contributed by atoms with Gasteiger partial charge in [-0.2, -0.15) is 0 Å². The largest absolute Gasteiger partial charge is 0.324 e. The lowest BCUT2D eigenvalue weighted by molar-refractivity contribution is -0.127. The molecule has 1 heterocycles. The van der Waals surface area contributed by atoms with Gasteiger partial charge in [-0.3, -0.25) is 19.3 Å². The van der Waals surface area contributed by atoms with Crippen LogP contribution in [0.3, 0.4) is 0 Å². The molecule has 3 aromatic rings. The summed E-state index contributed by atoms with van der Waals surface area (Å²) in [5.74, 6) is -0.868. The molecule has 30 heavy (non-hydrogen) atoms. The third-order valence-electron chi connectivity index (χ3n) is 4.64. The third-order valence-corrected chi connectivity index (χ3v) is 6.27. The van der Waals surface area contributed by atoms with E-state index in [2.05, 4.69) is 5.32 Å². The summed E-state index contributed by atoms with van der Waals surface area (Å²) in [6.07, 6.45) is 3.66. The molecule has 0 unspecified atom stereocenters. The van der Waals surface area contributed by atoms with Gasteiger partial charge in [-0.15, -0.1) is 11.8 Å². The normalized spacial score (nSPS) is 15.2. The number of nitrogens with one attached hydrogen (secondary N) is 1. The Morgan fingerprint density at radius 1 is 1.07 bits per heavy atom. The van der Waals surface area contributed by atoms with Crippen LogP contribution >= 0.6 is 23.5 Å². The summed E-state index contributed by atoms with van der Waals surface area (Å²) in [5.41, 5.74) is 1.49. The minimum Gasteiger partial charge on any atom is -0.324 e. The van der Waals surface area contributed by atoms with E-state index in [1.807, 2.05) is 66.9 Å². The number of amides is 3. The fraction of sp³-hybridized carbons (Fsp3) is 0.0870.